The molecule has 0 radical (unpaired) electrons. The fourth-order valence-electron chi connectivity index (χ4n) is 2.97. The topological polar surface area (TPSA) is 77.6 Å². The van der Waals surface area contributed by atoms with Gasteiger partial charge in [0.1, 0.15) is 5.82 Å². The monoisotopic (exact) mass is 421 g/mol. The minimum Gasteiger partial charge on any atom is -0.353 e. The lowest BCUT2D eigenvalue weighted by atomic mass is 10.2. The first-order valence-electron chi connectivity index (χ1n) is 8.96. The van der Waals surface area contributed by atoms with Crippen molar-refractivity contribution in [1.29, 1.82) is 0 Å². The first kappa shape index (κ1) is 20.2. The average molecular weight is 422 g/mol. The van der Waals surface area contributed by atoms with Gasteiger partial charge >= 0.3 is 6.03 Å². The van der Waals surface area contributed by atoms with Crippen LogP contribution in [0.1, 0.15) is 6.42 Å². The SMILES string of the molecule is O=C(NCCC(=O)N1CCN(c2ccccn2)CC1)Nc1cc(Cl)cc(Cl)c1. The maximum absolute atomic E-state index is 12.4. The van der Waals surface area contributed by atoms with Crippen molar-refractivity contribution in [3.05, 3.63) is 52.6 Å². The number of halogens is 2. The second-order valence-corrected chi connectivity index (χ2v) is 7.22. The quantitative estimate of drug-likeness (QED) is 0.776. The Hall–Kier alpha value is -2.51. The highest BCUT2D eigenvalue weighted by molar-refractivity contribution is 6.35. The summed E-state index contributed by atoms with van der Waals surface area (Å²) >= 11 is 11.8. The smallest absolute Gasteiger partial charge is 0.319 e. The van der Waals surface area contributed by atoms with Crippen LogP contribution in [0.4, 0.5) is 16.3 Å². The molecule has 0 unspecified atom stereocenters. The Morgan fingerprint density at radius 2 is 1.75 bits per heavy atom. The lowest BCUT2D eigenvalue weighted by Gasteiger charge is -2.35. The number of hydrogen-bond donors (Lipinski definition) is 2. The molecule has 7 nitrogen and oxygen atoms in total. The number of carbonyl (C=O) groups excluding carboxylic acids is 2. The number of piperazine rings is 1. The van der Waals surface area contributed by atoms with Gasteiger partial charge in [0.25, 0.3) is 0 Å². The van der Waals surface area contributed by atoms with Gasteiger partial charge < -0.3 is 20.4 Å². The molecule has 0 aliphatic carbocycles. The first-order valence-corrected chi connectivity index (χ1v) is 9.71. The lowest BCUT2D eigenvalue weighted by molar-refractivity contribution is -0.131. The zero-order valence-corrected chi connectivity index (χ0v) is 16.7. The first-order chi connectivity index (χ1) is 13.5. The summed E-state index contributed by atoms with van der Waals surface area (Å²) in [5.41, 5.74) is 0.493. The van der Waals surface area contributed by atoms with Gasteiger partial charge in [-0.1, -0.05) is 29.3 Å². The number of nitrogens with one attached hydrogen (secondary N) is 2. The summed E-state index contributed by atoms with van der Waals surface area (Å²) in [6.07, 6.45) is 2.01. The highest BCUT2D eigenvalue weighted by atomic mass is 35.5. The van der Waals surface area contributed by atoms with E-state index in [0.717, 1.165) is 18.9 Å². The van der Waals surface area contributed by atoms with E-state index in [2.05, 4.69) is 20.5 Å². The standard InChI is InChI=1S/C19H21Cl2N5O2/c20-14-11-15(21)13-16(12-14)24-19(28)23-6-4-18(27)26-9-7-25(8-10-26)17-3-1-2-5-22-17/h1-3,5,11-13H,4,6-10H2,(H2,23,24,28). The summed E-state index contributed by atoms with van der Waals surface area (Å²) in [4.78, 5) is 32.6. The Labute approximate surface area is 173 Å². The predicted octanol–water partition coefficient (Wildman–Crippen LogP) is 3.25. The van der Waals surface area contributed by atoms with Gasteiger partial charge in [0.15, 0.2) is 0 Å². The maximum Gasteiger partial charge on any atom is 0.319 e. The molecule has 2 aromatic rings. The van der Waals surface area contributed by atoms with E-state index in [0.29, 0.717) is 28.8 Å². The molecule has 1 saturated heterocycles. The fourth-order valence-corrected chi connectivity index (χ4v) is 3.49. The van der Waals surface area contributed by atoms with E-state index >= 15 is 0 Å². The molecule has 1 aromatic carbocycles. The normalized spacial score (nSPS) is 13.9. The van der Waals surface area contributed by atoms with Crippen LogP contribution in [-0.4, -0.2) is 54.5 Å². The van der Waals surface area contributed by atoms with Gasteiger partial charge in [0.2, 0.25) is 5.91 Å². The van der Waals surface area contributed by atoms with Crippen molar-refractivity contribution in [1.82, 2.24) is 15.2 Å². The van der Waals surface area contributed by atoms with E-state index in [4.69, 9.17) is 23.2 Å². The van der Waals surface area contributed by atoms with E-state index < -0.39 is 6.03 Å². The molecule has 1 aromatic heterocycles. The highest BCUT2D eigenvalue weighted by Crippen LogP contribution is 2.22. The van der Waals surface area contributed by atoms with Crippen LogP contribution < -0.4 is 15.5 Å². The van der Waals surface area contributed by atoms with Crippen LogP contribution in [0.3, 0.4) is 0 Å². The van der Waals surface area contributed by atoms with Crippen molar-refractivity contribution in [3.63, 3.8) is 0 Å². The molecule has 28 heavy (non-hydrogen) atoms. The van der Waals surface area contributed by atoms with E-state index in [-0.39, 0.29) is 18.9 Å². The number of carbonyl (C=O) groups is 2. The third-order valence-electron chi connectivity index (χ3n) is 4.35. The number of pyridine rings is 1. The molecular weight excluding hydrogens is 401 g/mol. The van der Waals surface area contributed by atoms with Crippen LogP contribution in [0.25, 0.3) is 0 Å². The fraction of sp³-hybridized carbons (Fsp3) is 0.316. The molecule has 3 rings (SSSR count). The van der Waals surface area contributed by atoms with E-state index in [1.54, 1.807) is 24.4 Å². The molecule has 9 heteroatoms. The van der Waals surface area contributed by atoms with Gasteiger partial charge in [-0.3, -0.25) is 4.79 Å². The molecule has 0 bridgehead atoms. The molecule has 148 valence electrons. The number of amides is 3. The van der Waals surface area contributed by atoms with Crippen LogP contribution in [0.5, 0.6) is 0 Å². The van der Waals surface area contributed by atoms with Gasteiger partial charge in [0.05, 0.1) is 0 Å². The summed E-state index contributed by atoms with van der Waals surface area (Å²) in [5.74, 6) is 0.945. The lowest BCUT2D eigenvalue weighted by Crippen LogP contribution is -2.49. The number of urea groups is 1. The van der Waals surface area contributed by atoms with E-state index in [9.17, 15) is 9.59 Å². The van der Waals surface area contributed by atoms with Crippen molar-refractivity contribution in [3.8, 4) is 0 Å². The Kier molecular flexibility index (Phi) is 6.95. The maximum atomic E-state index is 12.4. The summed E-state index contributed by atoms with van der Waals surface area (Å²) in [7, 11) is 0. The van der Waals surface area contributed by atoms with Crippen LogP contribution >= 0.6 is 23.2 Å². The van der Waals surface area contributed by atoms with Gasteiger partial charge in [-0.25, -0.2) is 9.78 Å². The van der Waals surface area contributed by atoms with Crippen LogP contribution in [-0.2, 0) is 4.79 Å². The molecular formula is C19H21Cl2N5O2. The Morgan fingerprint density at radius 3 is 2.39 bits per heavy atom. The third kappa shape index (κ3) is 5.74. The number of aromatic nitrogens is 1. The molecule has 1 aliphatic rings. The Balaban J connectivity index is 1.38. The highest BCUT2D eigenvalue weighted by Gasteiger charge is 2.21. The predicted molar refractivity (Wildman–Crippen MR) is 111 cm³/mol. The Morgan fingerprint density at radius 1 is 1.04 bits per heavy atom. The molecule has 3 amide bonds. The zero-order chi connectivity index (χ0) is 19.9. The molecule has 2 N–H and O–H groups in total. The molecule has 0 spiro atoms. The Bertz CT molecular complexity index is 806. The summed E-state index contributed by atoms with van der Waals surface area (Å²) < 4.78 is 0. The van der Waals surface area contributed by atoms with Crippen molar-refractivity contribution in [2.45, 2.75) is 6.42 Å². The van der Waals surface area contributed by atoms with Crippen LogP contribution in [0.2, 0.25) is 10.0 Å². The average Bonchev–Trinajstić information content (AvgIpc) is 2.68. The largest absolute Gasteiger partial charge is 0.353 e. The number of hydrogen-bond acceptors (Lipinski definition) is 4. The second-order valence-electron chi connectivity index (χ2n) is 6.34. The van der Waals surface area contributed by atoms with Gasteiger partial charge in [-0.05, 0) is 30.3 Å². The number of benzene rings is 1. The third-order valence-corrected chi connectivity index (χ3v) is 4.79. The van der Waals surface area contributed by atoms with Gasteiger partial charge in [-0.2, -0.15) is 0 Å². The molecule has 2 heterocycles. The van der Waals surface area contributed by atoms with E-state index in [1.165, 1.54) is 0 Å². The van der Waals surface area contributed by atoms with Crippen molar-refractivity contribution in [2.24, 2.45) is 0 Å². The second kappa shape index (κ2) is 9.61. The van der Waals surface area contributed by atoms with Crippen LogP contribution in [0.15, 0.2) is 42.6 Å². The number of rotatable bonds is 5. The summed E-state index contributed by atoms with van der Waals surface area (Å²) in [6, 6.07) is 10.2. The van der Waals surface area contributed by atoms with Crippen molar-refractivity contribution < 1.29 is 9.59 Å². The van der Waals surface area contributed by atoms with Gasteiger partial charge in [-0.15, -0.1) is 0 Å². The zero-order valence-electron chi connectivity index (χ0n) is 15.2. The van der Waals surface area contributed by atoms with Gasteiger partial charge in [0, 0.05) is 61.1 Å². The van der Waals surface area contributed by atoms with Crippen LogP contribution in [0, 0.1) is 0 Å². The number of anilines is 2. The molecule has 0 saturated carbocycles. The van der Waals surface area contributed by atoms with E-state index in [1.807, 2.05) is 23.1 Å². The summed E-state index contributed by atoms with van der Waals surface area (Å²) in [5, 5.41) is 6.18. The summed E-state index contributed by atoms with van der Waals surface area (Å²) in [6.45, 7) is 3.02. The molecule has 1 aliphatic heterocycles. The minimum atomic E-state index is -0.411. The van der Waals surface area contributed by atoms with Crippen molar-refractivity contribution >= 4 is 46.6 Å². The van der Waals surface area contributed by atoms with Crippen molar-refractivity contribution in [2.75, 3.05) is 42.9 Å². The molecule has 0 atom stereocenters. The number of nitrogens with zero attached hydrogens (tertiary/aromatic N) is 3. The molecule has 1 fully saturated rings. The minimum absolute atomic E-state index is 0.0202.